The largest absolute Gasteiger partial charge is 0.441 e. The molecule has 0 saturated carbocycles. The van der Waals surface area contributed by atoms with Crippen molar-refractivity contribution in [3.05, 3.63) is 24.1 Å². The zero-order chi connectivity index (χ0) is 15.4. The maximum atomic E-state index is 12.1. The van der Waals surface area contributed by atoms with Gasteiger partial charge in [0, 0.05) is 19.3 Å². The van der Waals surface area contributed by atoms with E-state index in [1.807, 2.05) is 18.2 Å². The summed E-state index contributed by atoms with van der Waals surface area (Å²) in [6.45, 7) is 2.65. The number of aromatic nitrogens is 1. The summed E-state index contributed by atoms with van der Waals surface area (Å²) in [5.74, 6) is 1.88. The zero-order valence-corrected chi connectivity index (χ0v) is 13.4. The number of thioether (sulfide) groups is 1. The van der Waals surface area contributed by atoms with Gasteiger partial charge in [-0.15, -0.1) is 11.8 Å². The number of amides is 1. The summed E-state index contributed by atoms with van der Waals surface area (Å²) in [7, 11) is 0. The highest BCUT2D eigenvalue weighted by Gasteiger charge is 2.15. The van der Waals surface area contributed by atoms with E-state index in [4.69, 9.17) is 9.15 Å². The number of fused-ring (bicyclic) bond motifs is 1. The Bertz CT molecular complexity index is 650. The van der Waals surface area contributed by atoms with Gasteiger partial charge in [-0.1, -0.05) is 6.07 Å². The normalized spacial score (nSPS) is 18.5. The van der Waals surface area contributed by atoms with Crippen molar-refractivity contribution < 1.29 is 13.9 Å². The van der Waals surface area contributed by atoms with E-state index in [2.05, 4.69) is 10.3 Å². The Morgan fingerprint density at radius 3 is 3.18 bits per heavy atom. The third-order valence-electron chi connectivity index (χ3n) is 3.61. The lowest BCUT2D eigenvalue weighted by Gasteiger charge is -2.21. The molecule has 0 bridgehead atoms. The summed E-state index contributed by atoms with van der Waals surface area (Å²) >= 11 is 1.62. The molecular formula is C16H20N2O3S. The number of benzene rings is 1. The van der Waals surface area contributed by atoms with Crippen LogP contribution >= 0.6 is 11.8 Å². The van der Waals surface area contributed by atoms with Gasteiger partial charge in [0.25, 0.3) is 0 Å². The minimum atomic E-state index is -0.0195. The molecule has 1 unspecified atom stereocenters. The standard InChI is InChI=1S/C16H20N2O3S/c1-11-17-16-13(6-4-7-14(16)21-11)18-15(19)10-22-9-12-5-2-3-8-20-12/h4,6-7,12H,2-3,5,8-10H2,1H3,(H,18,19). The van der Waals surface area contributed by atoms with Crippen molar-refractivity contribution in [1.29, 1.82) is 0 Å². The minimum Gasteiger partial charge on any atom is -0.441 e. The second kappa shape index (κ2) is 7.15. The smallest absolute Gasteiger partial charge is 0.234 e. The lowest BCUT2D eigenvalue weighted by atomic mass is 10.1. The number of nitrogens with zero attached hydrogens (tertiary/aromatic N) is 1. The fourth-order valence-electron chi connectivity index (χ4n) is 2.57. The van der Waals surface area contributed by atoms with Gasteiger partial charge in [-0.2, -0.15) is 0 Å². The van der Waals surface area contributed by atoms with Crippen molar-refractivity contribution in [2.24, 2.45) is 0 Å². The second-order valence-corrected chi connectivity index (χ2v) is 6.47. The van der Waals surface area contributed by atoms with Crippen LogP contribution in [0.25, 0.3) is 11.1 Å². The summed E-state index contributed by atoms with van der Waals surface area (Å²) in [6, 6.07) is 5.54. The molecule has 2 aromatic rings. The Morgan fingerprint density at radius 2 is 2.36 bits per heavy atom. The van der Waals surface area contributed by atoms with Crippen molar-refractivity contribution in [2.45, 2.75) is 32.3 Å². The Kier molecular flexibility index (Phi) is 5.00. The number of para-hydroxylation sites is 1. The number of oxazole rings is 1. The molecule has 1 fully saturated rings. The van der Waals surface area contributed by atoms with Gasteiger partial charge in [-0.3, -0.25) is 4.79 Å². The number of nitrogens with one attached hydrogen (secondary N) is 1. The van der Waals surface area contributed by atoms with Crippen LogP contribution in [-0.4, -0.2) is 35.1 Å². The van der Waals surface area contributed by atoms with E-state index in [9.17, 15) is 4.79 Å². The van der Waals surface area contributed by atoms with E-state index in [0.717, 1.165) is 25.2 Å². The average Bonchev–Trinajstić information content (AvgIpc) is 2.90. The Labute approximate surface area is 133 Å². The fraction of sp³-hybridized carbons (Fsp3) is 0.500. The summed E-state index contributed by atoms with van der Waals surface area (Å²) in [6.07, 6.45) is 3.79. The first-order chi connectivity index (χ1) is 10.7. The first kappa shape index (κ1) is 15.4. The van der Waals surface area contributed by atoms with Gasteiger partial charge in [0.15, 0.2) is 11.5 Å². The van der Waals surface area contributed by atoms with E-state index in [1.54, 1.807) is 18.7 Å². The molecule has 1 aromatic heterocycles. The molecule has 0 aliphatic carbocycles. The van der Waals surface area contributed by atoms with Gasteiger partial charge in [0.1, 0.15) is 5.52 Å². The molecule has 1 aliphatic rings. The predicted octanol–water partition coefficient (Wildman–Crippen LogP) is 3.38. The number of ether oxygens (including phenoxy) is 1. The fourth-order valence-corrected chi connectivity index (χ4v) is 3.47. The maximum Gasteiger partial charge on any atom is 0.234 e. The SMILES string of the molecule is Cc1nc2c(NC(=O)CSCC3CCCCO3)cccc2o1. The lowest BCUT2D eigenvalue weighted by Crippen LogP contribution is -2.23. The topological polar surface area (TPSA) is 64.4 Å². The number of aryl methyl sites for hydroxylation is 1. The summed E-state index contributed by atoms with van der Waals surface area (Å²) < 4.78 is 11.1. The van der Waals surface area contributed by atoms with Crippen molar-refractivity contribution in [1.82, 2.24) is 4.98 Å². The first-order valence-electron chi connectivity index (χ1n) is 7.58. The number of rotatable bonds is 5. The summed E-state index contributed by atoms with van der Waals surface area (Å²) in [4.78, 5) is 16.4. The van der Waals surface area contributed by atoms with Crippen LogP contribution in [0.4, 0.5) is 5.69 Å². The molecule has 22 heavy (non-hydrogen) atoms. The van der Waals surface area contributed by atoms with Crippen LogP contribution < -0.4 is 5.32 Å². The molecule has 0 radical (unpaired) electrons. The van der Waals surface area contributed by atoms with Crippen molar-refractivity contribution in [2.75, 3.05) is 23.4 Å². The highest BCUT2D eigenvalue weighted by molar-refractivity contribution is 8.00. The Hall–Kier alpha value is -1.53. The first-order valence-corrected chi connectivity index (χ1v) is 8.73. The van der Waals surface area contributed by atoms with Gasteiger partial charge in [0.2, 0.25) is 5.91 Å². The molecule has 1 N–H and O–H groups in total. The molecule has 1 saturated heterocycles. The molecule has 1 aliphatic heterocycles. The number of carbonyl (C=O) groups excluding carboxylic acids is 1. The number of carbonyl (C=O) groups is 1. The van der Waals surface area contributed by atoms with E-state index in [1.165, 1.54) is 6.42 Å². The van der Waals surface area contributed by atoms with Crippen molar-refractivity contribution in [3.8, 4) is 0 Å². The van der Waals surface area contributed by atoms with Crippen LogP contribution in [0, 0.1) is 6.92 Å². The number of hydrogen-bond acceptors (Lipinski definition) is 5. The monoisotopic (exact) mass is 320 g/mol. The van der Waals surface area contributed by atoms with Gasteiger partial charge >= 0.3 is 0 Å². The molecule has 1 aromatic carbocycles. The summed E-state index contributed by atoms with van der Waals surface area (Å²) in [5, 5.41) is 2.91. The molecule has 3 rings (SSSR count). The molecule has 6 heteroatoms. The minimum absolute atomic E-state index is 0.0195. The van der Waals surface area contributed by atoms with Crippen LogP contribution in [0.15, 0.2) is 22.6 Å². The van der Waals surface area contributed by atoms with E-state index >= 15 is 0 Å². The van der Waals surface area contributed by atoms with Crippen LogP contribution in [0.5, 0.6) is 0 Å². The van der Waals surface area contributed by atoms with Gasteiger partial charge in [0.05, 0.1) is 17.5 Å². The zero-order valence-electron chi connectivity index (χ0n) is 12.6. The van der Waals surface area contributed by atoms with E-state index in [0.29, 0.717) is 34.5 Å². The molecular weight excluding hydrogens is 300 g/mol. The van der Waals surface area contributed by atoms with Gasteiger partial charge in [-0.05, 0) is 31.4 Å². The lowest BCUT2D eigenvalue weighted by molar-refractivity contribution is -0.113. The molecule has 2 heterocycles. The van der Waals surface area contributed by atoms with Crippen LogP contribution in [0.2, 0.25) is 0 Å². The second-order valence-electron chi connectivity index (χ2n) is 5.44. The third-order valence-corrected chi connectivity index (χ3v) is 4.68. The average molecular weight is 320 g/mol. The van der Waals surface area contributed by atoms with Gasteiger partial charge < -0.3 is 14.5 Å². The van der Waals surface area contributed by atoms with Gasteiger partial charge in [-0.25, -0.2) is 4.98 Å². The van der Waals surface area contributed by atoms with E-state index in [-0.39, 0.29) is 5.91 Å². The maximum absolute atomic E-state index is 12.1. The van der Waals surface area contributed by atoms with E-state index < -0.39 is 0 Å². The summed E-state index contributed by atoms with van der Waals surface area (Å²) in [5.41, 5.74) is 2.10. The molecule has 118 valence electrons. The van der Waals surface area contributed by atoms with Crippen molar-refractivity contribution >= 4 is 34.5 Å². The number of hydrogen-bond donors (Lipinski definition) is 1. The molecule has 0 spiro atoms. The predicted molar refractivity (Wildman–Crippen MR) is 88.3 cm³/mol. The van der Waals surface area contributed by atoms with Crippen molar-refractivity contribution in [3.63, 3.8) is 0 Å². The highest BCUT2D eigenvalue weighted by Crippen LogP contribution is 2.24. The molecule has 5 nitrogen and oxygen atoms in total. The Morgan fingerprint density at radius 1 is 1.45 bits per heavy atom. The van der Waals surface area contributed by atoms with Crippen LogP contribution in [-0.2, 0) is 9.53 Å². The molecule has 1 atom stereocenters. The highest BCUT2D eigenvalue weighted by atomic mass is 32.2. The third kappa shape index (κ3) is 3.81. The quantitative estimate of drug-likeness (QED) is 0.915. The molecule has 1 amide bonds. The Balaban J connectivity index is 1.52. The number of anilines is 1. The van der Waals surface area contributed by atoms with Crippen LogP contribution in [0.3, 0.4) is 0 Å². The van der Waals surface area contributed by atoms with Crippen LogP contribution in [0.1, 0.15) is 25.2 Å².